The van der Waals surface area contributed by atoms with E-state index in [4.69, 9.17) is 5.73 Å². The summed E-state index contributed by atoms with van der Waals surface area (Å²) in [7, 11) is 0. The molecule has 92 valence electrons. The molecule has 0 saturated carbocycles. The number of piperidine rings is 1. The second kappa shape index (κ2) is 4.96. The zero-order valence-electron chi connectivity index (χ0n) is 9.38. The fourth-order valence-electron chi connectivity index (χ4n) is 2.11. The minimum atomic E-state index is -0.944. The van der Waals surface area contributed by atoms with Gasteiger partial charge < -0.3 is 10.6 Å². The number of rotatable bonds is 2. The average Bonchev–Trinajstić information content (AvgIpc) is 2.33. The van der Waals surface area contributed by atoms with E-state index in [-0.39, 0.29) is 10.6 Å². The zero-order chi connectivity index (χ0) is 12.4. The Morgan fingerprint density at radius 1 is 1.12 bits per heavy atom. The van der Waals surface area contributed by atoms with Crippen LogP contribution in [-0.2, 0) is 0 Å². The fourth-order valence-corrected chi connectivity index (χ4v) is 2.27. The van der Waals surface area contributed by atoms with Gasteiger partial charge in [0.15, 0.2) is 11.6 Å². The first-order valence-electron chi connectivity index (χ1n) is 5.64. The van der Waals surface area contributed by atoms with Gasteiger partial charge in [-0.3, -0.25) is 0 Å². The lowest BCUT2D eigenvalue weighted by molar-refractivity contribution is 0.496. The van der Waals surface area contributed by atoms with Crippen LogP contribution in [0.3, 0.4) is 0 Å². The Balaban J connectivity index is 2.36. The molecule has 5 heteroatoms. The zero-order valence-corrected chi connectivity index (χ0v) is 10.2. The smallest absolute Gasteiger partial charge is 0.182 e. The Hall–Kier alpha value is -1.23. The van der Waals surface area contributed by atoms with E-state index in [0.29, 0.717) is 5.69 Å². The van der Waals surface area contributed by atoms with Crippen LogP contribution in [0.4, 0.5) is 14.5 Å². The van der Waals surface area contributed by atoms with Crippen LogP contribution in [0.15, 0.2) is 12.1 Å². The number of halogens is 2. The first-order chi connectivity index (χ1) is 8.11. The Kier molecular flexibility index (Phi) is 3.57. The Morgan fingerprint density at radius 3 is 2.35 bits per heavy atom. The van der Waals surface area contributed by atoms with Crippen molar-refractivity contribution in [1.82, 2.24) is 0 Å². The third-order valence-electron chi connectivity index (χ3n) is 3.02. The van der Waals surface area contributed by atoms with Crippen LogP contribution >= 0.6 is 12.2 Å². The summed E-state index contributed by atoms with van der Waals surface area (Å²) in [4.78, 5) is 1.75. The highest BCUT2D eigenvalue weighted by Gasteiger charge is 2.20. The molecule has 0 bridgehead atoms. The van der Waals surface area contributed by atoms with Crippen molar-refractivity contribution < 1.29 is 8.78 Å². The SMILES string of the molecule is NC(=S)c1ccc(N2CCCCC2)c(F)c1F. The van der Waals surface area contributed by atoms with Crippen molar-refractivity contribution >= 4 is 22.9 Å². The van der Waals surface area contributed by atoms with Crippen LogP contribution in [0.5, 0.6) is 0 Å². The summed E-state index contributed by atoms with van der Waals surface area (Å²) >= 11 is 4.67. The van der Waals surface area contributed by atoms with Crippen molar-refractivity contribution in [1.29, 1.82) is 0 Å². The lowest BCUT2D eigenvalue weighted by Gasteiger charge is -2.29. The number of hydrogen-bond acceptors (Lipinski definition) is 2. The third kappa shape index (κ3) is 2.39. The monoisotopic (exact) mass is 256 g/mol. The number of nitrogens with two attached hydrogens (primary N) is 1. The first kappa shape index (κ1) is 12.2. The average molecular weight is 256 g/mol. The molecule has 1 saturated heterocycles. The van der Waals surface area contributed by atoms with Crippen LogP contribution in [0.25, 0.3) is 0 Å². The Bertz CT molecular complexity index is 442. The predicted molar refractivity (Wildman–Crippen MR) is 68.3 cm³/mol. The quantitative estimate of drug-likeness (QED) is 0.825. The molecule has 1 aliphatic heterocycles. The molecule has 1 fully saturated rings. The van der Waals surface area contributed by atoms with E-state index in [1.165, 1.54) is 6.07 Å². The Morgan fingerprint density at radius 2 is 1.76 bits per heavy atom. The normalized spacial score (nSPS) is 16.0. The molecule has 0 radical (unpaired) electrons. The van der Waals surface area contributed by atoms with Crippen LogP contribution in [0, 0.1) is 11.6 Å². The highest BCUT2D eigenvalue weighted by Crippen LogP contribution is 2.26. The van der Waals surface area contributed by atoms with Gasteiger partial charge in [-0.25, -0.2) is 8.78 Å². The molecule has 0 amide bonds. The Labute approximate surface area is 104 Å². The molecule has 2 N–H and O–H groups in total. The van der Waals surface area contributed by atoms with Crippen LogP contribution in [-0.4, -0.2) is 18.1 Å². The fraction of sp³-hybridized carbons (Fsp3) is 0.417. The molecule has 0 unspecified atom stereocenters. The number of thiocarbonyl (C=S) groups is 1. The first-order valence-corrected chi connectivity index (χ1v) is 6.05. The van der Waals surface area contributed by atoms with E-state index < -0.39 is 11.6 Å². The molecular weight excluding hydrogens is 242 g/mol. The lowest BCUT2D eigenvalue weighted by Crippen LogP contribution is -2.30. The van der Waals surface area contributed by atoms with Crippen LogP contribution < -0.4 is 10.6 Å². The number of nitrogens with zero attached hydrogens (tertiary/aromatic N) is 1. The molecule has 17 heavy (non-hydrogen) atoms. The molecular formula is C12H14F2N2S. The molecule has 0 aliphatic carbocycles. The molecule has 2 nitrogen and oxygen atoms in total. The van der Waals surface area contributed by atoms with Gasteiger partial charge in [0, 0.05) is 18.7 Å². The van der Waals surface area contributed by atoms with Gasteiger partial charge in [-0.1, -0.05) is 12.2 Å². The molecule has 2 rings (SSSR count). The van der Waals surface area contributed by atoms with Crippen molar-refractivity contribution in [2.75, 3.05) is 18.0 Å². The van der Waals surface area contributed by atoms with Gasteiger partial charge in [-0.2, -0.15) is 0 Å². The molecule has 1 aromatic rings. The van der Waals surface area contributed by atoms with Gasteiger partial charge in [-0.15, -0.1) is 0 Å². The third-order valence-corrected chi connectivity index (χ3v) is 3.24. The molecule has 1 heterocycles. The standard InChI is InChI=1S/C12H14F2N2S/c13-10-8(12(15)17)4-5-9(11(10)14)16-6-2-1-3-7-16/h4-5H,1-3,6-7H2,(H2,15,17). The predicted octanol–water partition coefficient (Wildman–Crippen LogP) is 2.59. The highest BCUT2D eigenvalue weighted by molar-refractivity contribution is 7.80. The highest BCUT2D eigenvalue weighted by atomic mass is 32.1. The number of benzene rings is 1. The minimum absolute atomic E-state index is 0.0294. The minimum Gasteiger partial charge on any atom is -0.389 e. The topological polar surface area (TPSA) is 29.3 Å². The van der Waals surface area contributed by atoms with E-state index >= 15 is 0 Å². The maximum atomic E-state index is 13.9. The largest absolute Gasteiger partial charge is 0.389 e. The summed E-state index contributed by atoms with van der Waals surface area (Å²) in [6.45, 7) is 1.53. The van der Waals surface area contributed by atoms with Gasteiger partial charge in [0.1, 0.15) is 4.99 Å². The maximum absolute atomic E-state index is 13.9. The molecule has 1 aliphatic rings. The lowest BCUT2D eigenvalue weighted by atomic mass is 10.1. The van der Waals surface area contributed by atoms with Crippen LogP contribution in [0.1, 0.15) is 24.8 Å². The van der Waals surface area contributed by atoms with Gasteiger partial charge in [0.2, 0.25) is 0 Å². The number of hydrogen-bond donors (Lipinski definition) is 1. The van der Waals surface area contributed by atoms with E-state index in [9.17, 15) is 8.78 Å². The van der Waals surface area contributed by atoms with Crippen molar-refractivity contribution in [3.8, 4) is 0 Å². The van der Waals surface area contributed by atoms with Gasteiger partial charge in [0.25, 0.3) is 0 Å². The van der Waals surface area contributed by atoms with Crippen molar-refractivity contribution in [3.05, 3.63) is 29.3 Å². The maximum Gasteiger partial charge on any atom is 0.182 e. The van der Waals surface area contributed by atoms with Gasteiger partial charge in [-0.05, 0) is 31.4 Å². The van der Waals surface area contributed by atoms with E-state index in [0.717, 1.165) is 32.4 Å². The van der Waals surface area contributed by atoms with Crippen LogP contribution in [0.2, 0.25) is 0 Å². The van der Waals surface area contributed by atoms with E-state index in [1.54, 1.807) is 6.07 Å². The number of anilines is 1. The molecule has 1 aromatic carbocycles. The summed E-state index contributed by atoms with van der Waals surface area (Å²) in [5.41, 5.74) is 5.60. The van der Waals surface area contributed by atoms with E-state index in [2.05, 4.69) is 12.2 Å². The summed E-state index contributed by atoms with van der Waals surface area (Å²) in [5, 5.41) is 0. The second-order valence-electron chi connectivity index (χ2n) is 4.17. The van der Waals surface area contributed by atoms with E-state index in [1.807, 2.05) is 4.90 Å². The summed E-state index contributed by atoms with van der Waals surface area (Å²) in [6, 6.07) is 3.00. The van der Waals surface area contributed by atoms with Crippen molar-refractivity contribution in [2.45, 2.75) is 19.3 Å². The van der Waals surface area contributed by atoms with Crippen molar-refractivity contribution in [3.63, 3.8) is 0 Å². The summed E-state index contributed by atoms with van der Waals surface area (Å²) in [6.07, 6.45) is 3.17. The van der Waals surface area contributed by atoms with Gasteiger partial charge in [0.05, 0.1) is 5.69 Å². The second-order valence-corrected chi connectivity index (χ2v) is 4.61. The molecule has 0 atom stereocenters. The van der Waals surface area contributed by atoms with Gasteiger partial charge >= 0.3 is 0 Å². The summed E-state index contributed by atoms with van der Waals surface area (Å²) in [5.74, 6) is -1.79. The summed E-state index contributed by atoms with van der Waals surface area (Å²) < 4.78 is 27.6. The molecule has 0 aromatic heterocycles. The van der Waals surface area contributed by atoms with Crippen molar-refractivity contribution in [2.24, 2.45) is 5.73 Å². The molecule has 0 spiro atoms.